The number of hydrogen-bond donors (Lipinski definition) is 1. The average molecular weight is 415 g/mol. The van der Waals surface area contributed by atoms with E-state index in [0.29, 0.717) is 23.7 Å². The van der Waals surface area contributed by atoms with Gasteiger partial charge in [0.15, 0.2) is 0 Å². The van der Waals surface area contributed by atoms with Crippen LogP contribution in [0, 0.1) is 0 Å². The Morgan fingerprint density at radius 1 is 1.00 bits per heavy atom. The summed E-state index contributed by atoms with van der Waals surface area (Å²) in [5.74, 6) is 1.94. The molecule has 1 N–H and O–H groups in total. The minimum absolute atomic E-state index is 0.208. The summed E-state index contributed by atoms with van der Waals surface area (Å²) in [7, 11) is 1.63. The highest BCUT2D eigenvalue weighted by Gasteiger charge is 2.17. The van der Waals surface area contributed by atoms with E-state index < -0.39 is 0 Å². The van der Waals surface area contributed by atoms with Gasteiger partial charge in [-0.1, -0.05) is 19.4 Å². The summed E-state index contributed by atoms with van der Waals surface area (Å²) in [6.45, 7) is 2.80. The van der Waals surface area contributed by atoms with Gasteiger partial charge in [0.2, 0.25) is 0 Å². The highest BCUT2D eigenvalue weighted by Crippen LogP contribution is 2.30. The maximum Gasteiger partial charge on any atom is 0.256 e. The van der Waals surface area contributed by atoms with Gasteiger partial charge in [0.05, 0.1) is 13.7 Å². The summed E-state index contributed by atoms with van der Waals surface area (Å²) in [4.78, 5) is 17.7. The van der Waals surface area contributed by atoms with E-state index in [1.165, 1.54) is 0 Å². The van der Waals surface area contributed by atoms with Gasteiger partial charge in [0.25, 0.3) is 5.91 Å². The number of nitrogens with zero attached hydrogens (tertiary/aromatic N) is 2. The van der Waals surface area contributed by atoms with E-state index in [4.69, 9.17) is 14.5 Å². The minimum Gasteiger partial charge on any atom is -0.497 e. The monoisotopic (exact) mass is 415 g/mol. The maximum absolute atomic E-state index is 13.0. The van der Waals surface area contributed by atoms with Crippen molar-refractivity contribution >= 4 is 17.4 Å². The number of rotatable bonds is 8. The Hall–Kier alpha value is -3.80. The molecule has 0 saturated heterocycles. The van der Waals surface area contributed by atoms with Crippen LogP contribution in [0.5, 0.6) is 11.5 Å². The maximum atomic E-state index is 13.0. The second-order valence-electron chi connectivity index (χ2n) is 7.15. The minimum atomic E-state index is -0.208. The first-order valence-electron chi connectivity index (χ1n) is 10.4. The Morgan fingerprint density at radius 3 is 2.45 bits per heavy atom. The molecule has 4 rings (SSSR count). The van der Waals surface area contributed by atoms with Crippen LogP contribution in [0.2, 0.25) is 0 Å². The number of aromatic nitrogens is 2. The first kappa shape index (κ1) is 20.5. The van der Waals surface area contributed by atoms with Crippen molar-refractivity contribution < 1.29 is 14.3 Å². The van der Waals surface area contributed by atoms with Gasteiger partial charge >= 0.3 is 0 Å². The number of amides is 1. The molecule has 31 heavy (non-hydrogen) atoms. The first-order chi connectivity index (χ1) is 15.2. The Kier molecular flexibility index (Phi) is 6.17. The zero-order valence-electron chi connectivity index (χ0n) is 17.7. The lowest BCUT2D eigenvalue weighted by molar-refractivity contribution is 0.102. The molecule has 0 radical (unpaired) electrons. The summed E-state index contributed by atoms with van der Waals surface area (Å²) in [6.07, 6.45) is 3.97. The van der Waals surface area contributed by atoms with E-state index in [9.17, 15) is 4.79 Å². The van der Waals surface area contributed by atoms with Crippen molar-refractivity contribution in [3.63, 3.8) is 0 Å². The quantitative estimate of drug-likeness (QED) is 0.389. The number of hydrogen-bond acceptors (Lipinski definition) is 4. The van der Waals surface area contributed by atoms with Crippen LogP contribution in [-0.2, 0) is 0 Å². The largest absolute Gasteiger partial charge is 0.497 e. The summed E-state index contributed by atoms with van der Waals surface area (Å²) in [5, 5.41) is 3.04. The van der Waals surface area contributed by atoms with Gasteiger partial charge in [-0.15, -0.1) is 0 Å². The Bertz CT molecular complexity index is 1170. The molecule has 0 aliphatic heterocycles. The average Bonchev–Trinajstić information content (AvgIpc) is 3.18. The van der Waals surface area contributed by atoms with Crippen LogP contribution in [0.3, 0.4) is 0 Å². The zero-order chi connectivity index (χ0) is 21.6. The lowest BCUT2D eigenvalue weighted by Crippen LogP contribution is -2.14. The Labute approximate surface area is 181 Å². The molecule has 0 aliphatic rings. The molecule has 2 heterocycles. The predicted octanol–water partition coefficient (Wildman–Crippen LogP) is 5.44. The molecule has 0 unspecified atom stereocenters. The number of pyridine rings is 1. The van der Waals surface area contributed by atoms with E-state index >= 15 is 0 Å². The molecule has 1 amide bonds. The van der Waals surface area contributed by atoms with Crippen molar-refractivity contribution in [3.8, 4) is 22.8 Å². The lowest BCUT2D eigenvalue weighted by Gasteiger charge is -2.09. The number of nitrogens with one attached hydrogen (secondary N) is 1. The van der Waals surface area contributed by atoms with Crippen LogP contribution in [0.1, 0.15) is 30.1 Å². The molecule has 2 aromatic carbocycles. The fourth-order valence-corrected chi connectivity index (χ4v) is 3.28. The molecule has 0 aliphatic carbocycles. The van der Waals surface area contributed by atoms with Crippen LogP contribution < -0.4 is 14.8 Å². The lowest BCUT2D eigenvalue weighted by atomic mass is 10.1. The van der Waals surface area contributed by atoms with Crippen molar-refractivity contribution in [3.05, 3.63) is 78.5 Å². The van der Waals surface area contributed by atoms with Crippen molar-refractivity contribution in [2.45, 2.75) is 19.8 Å². The smallest absolute Gasteiger partial charge is 0.256 e. The van der Waals surface area contributed by atoms with Crippen molar-refractivity contribution in [1.82, 2.24) is 9.38 Å². The van der Waals surface area contributed by atoms with E-state index in [0.717, 1.165) is 35.6 Å². The number of anilines is 1. The molecule has 4 aromatic rings. The highest BCUT2D eigenvalue weighted by molar-refractivity contribution is 6.05. The Balaban J connectivity index is 1.62. The summed E-state index contributed by atoms with van der Waals surface area (Å²) in [5.41, 5.74) is 2.89. The van der Waals surface area contributed by atoms with E-state index in [-0.39, 0.29) is 5.91 Å². The number of unbranched alkanes of at least 4 members (excludes halogenated alkanes) is 1. The van der Waals surface area contributed by atoms with Gasteiger partial charge in [-0.3, -0.25) is 9.20 Å². The molecule has 0 spiro atoms. The Morgan fingerprint density at radius 2 is 1.74 bits per heavy atom. The molecule has 158 valence electrons. The van der Waals surface area contributed by atoms with Crippen molar-refractivity contribution in [1.29, 1.82) is 0 Å². The van der Waals surface area contributed by atoms with Gasteiger partial charge in [0.1, 0.15) is 28.7 Å². The fourth-order valence-electron chi connectivity index (χ4n) is 3.28. The van der Waals surface area contributed by atoms with Gasteiger partial charge in [0, 0.05) is 17.3 Å². The molecule has 0 fully saturated rings. The number of carbonyl (C=O) groups is 1. The van der Waals surface area contributed by atoms with Crippen molar-refractivity contribution in [2.75, 3.05) is 19.0 Å². The summed E-state index contributed by atoms with van der Waals surface area (Å²) >= 11 is 0. The van der Waals surface area contributed by atoms with Gasteiger partial charge in [-0.25, -0.2) is 4.98 Å². The first-order valence-corrected chi connectivity index (χ1v) is 10.4. The number of benzene rings is 2. The third-order valence-electron chi connectivity index (χ3n) is 5.01. The van der Waals surface area contributed by atoms with Gasteiger partial charge in [-0.2, -0.15) is 0 Å². The van der Waals surface area contributed by atoms with Crippen LogP contribution in [-0.4, -0.2) is 29.0 Å². The molecule has 6 heteroatoms. The normalized spacial score (nSPS) is 10.8. The number of methoxy groups -OCH3 is 1. The van der Waals surface area contributed by atoms with Gasteiger partial charge < -0.3 is 14.8 Å². The number of ether oxygens (including phenoxy) is 2. The van der Waals surface area contributed by atoms with E-state index in [1.807, 2.05) is 65.2 Å². The molecule has 0 saturated carbocycles. The molecule has 0 bridgehead atoms. The third-order valence-corrected chi connectivity index (χ3v) is 5.01. The van der Waals surface area contributed by atoms with Crippen molar-refractivity contribution in [2.24, 2.45) is 0 Å². The van der Waals surface area contributed by atoms with Crippen LogP contribution in [0.15, 0.2) is 72.9 Å². The standard InChI is InChI=1S/C25H25N3O3/c1-3-4-17-31-21-14-10-19(11-15-21)25(29)27-24-23(18-8-12-20(30-2)13-9-18)26-22-7-5-6-16-28(22)24/h5-16H,3-4,17H2,1-2H3,(H,27,29). The predicted molar refractivity (Wildman–Crippen MR) is 122 cm³/mol. The topological polar surface area (TPSA) is 64.9 Å². The molecular weight excluding hydrogens is 390 g/mol. The summed E-state index contributed by atoms with van der Waals surface area (Å²) in [6, 6.07) is 20.5. The third kappa shape index (κ3) is 4.53. The molecule has 0 atom stereocenters. The van der Waals surface area contributed by atoms with E-state index in [2.05, 4.69) is 12.2 Å². The second kappa shape index (κ2) is 9.34. The number of fused-ring (bicyclic) bond motifs is 1. The number of carbonyl (C=O) groups excluding carboxylic acids is 1. The second-order valence-corrected chi connectivity index (χ2v) is 7.15. The van der Waals surface area contributed by atoms with Crippen LogP contribution in [0.25, 0.3) is 16.9 Å². The molecular formula is C25H25N3O3. The van der Waals surface area contributed by atoms with Crippen LogP contribution in [0.4, 0.5) is 5.82 Å². The molecule has 2 aromatic heterocycles. The SMILES string of the molecule is CCCCOc1ccc(C(=O)Nc2c(-c3ccc(OC)cc3)nc3ccccn23)cc1. The van der Waals surface area contributed by atoms with Gasteiger partial charge in [-0.05, 0) is 67.1 Å². The zero-order valence-corrected chi connectivity index (χ0v) is 17.7. The molecule has 6 nitrogen and oxygen atoms in total. The fraction of sp³-hybridized carbons (Fsp3) is 0.200. The van der Waals surface area contributed by atoms with E-state index in [1.54, 1.807) is 19.2 Å². The highest BCUT2D eigenvalue weighted by atomic mass is 16.5. The number of imidazole rings is 1. The van der Waals surface area contributed by atoms with Crippen LogP contribution >= 0.6 is 0 Å². The summed E-state index contributed by atoms with van der Waals surface area (Å²) < 4.78 is 12.8.